The van der Waals surface area contributed by atoms with Crippen LogP contribution in [0.5, 0.6) is 5.88 Å². The molecule has 2 aromatic heterocycles. The van der Waals surface area contributed by atoms with Gasteiger partial charge in [0.25, 0.3) is 5.91 Å². The molecule has 0 aliphatic carbocycles. The molecular formula is C18H14F3N3O2S. The molecule has 1 aromatic carbocycles. The van der Waals surface area contributed by atoms with Crippen LogP contribution >= 0.6 is 11.3 Å². The van der Waals surface area contributed by atoms with Crippen LogP contribution in [0.1, 0.15) is 21.6 Å². The topological polar surface area (TPSA) is 64.1 Å². The zero-order valence-corrected chi connectivity index (χ0v) is 14.9. The Bertz CT molecular complexity index is 940. The first-order valence-corrected chi connectivity index (χ1v) is 8.65. The Balaban J connectivity index is 1.66. The third-order valence-electron chi connectivity index (χ3n) is 3.64. The van der Waals surface area contributed by atoms with Gasteiger partial charge in [-0.05, 0) is 23.8 Å². The van der Waals surface area contributed by atoms with Crippen LogP contribution in [0.3, 0.4) is 0 Å². The van der Waals surface area contributed by atoms with Gasteiger partial charge in [-0.1, -0.05) is 12.1 Å². The zero-order chi connectivity index (χ0) is 19.4. The van der Waals surface area contributed by atoms with E-state index < -0.39 is 17.6 Å². The second-order valence-electron chi connectivity index (χ2n) is 5.51. The number of hydrogen-bond donors (Lipinski definition) is 1. The Kier molecular flexibility index (Phi) is 5.41. The summed E-state index contributed by atoms with van der Waals surface area (Å²) in [6, 6.07) is 8.28. The molecule has 140 valence electrons. The monoisotopic (exact) mass is 393 g/mol. The molecule has 0 atom stereocenters. The van der Waals surface area contributed by atoms with Gasteiger partial charge >= 0.3 is 6.18 Å². The van der Waals surface area contributed by atoms with E-state index in [0.29, 0.717) is 16.5 Å². The molecule has 2 heterocycles. The molecular weight excluding hydrogens is 379 g/mol. The molecule has 0 saturated carbocycles. The summed E-state index contributed by atoms with van der Waals surface area (Å²) < 4.78 is 43.2. The predicted octanol–water partition coefficient (Wildman–Crippen LogP) is 4.16. The number of alkyl halides is 3. The van der Waals surface area contributed by atoms with Gasteiger partial charge in [0.05, 0.1) is 12.7 Å². The van der Waals surface area contributed by atoms with Gasteiger partial charge in [0.1, 0.15) is 10.7 Å². The third-order valence-corrected chi connectivity index (χ3v) is 4.53. The summed E-state index contributed by atoms with van der Waals surface area (Å²) in [5.74, 6) is 0.00532. The molecule has 0 bridgehead atoms. The molecule has 9 heteroatoms. The number of methoxy groups -OCH3 is 1. The van der Waals surface area contributed by atoms with Gasteiger partial charge in [0.2, 0.25) is 5.88 Å². The Morgan fingerprint density at radius 1 is 1.26 bits per heavy atom. The molecule has 3 rings (SSSR count). The van der Waals surface area contributed by atoms with E-state index in [1.54, 1.807) is 23.7 Å². The summed E-state index contributed by atoms with van der Waals surface area (Å²) in [5.41, 5.74) is 0.528. The summed E-state index contributed by atoms with van der Waals surface area (Å²) in [5, 5.41) is 4.77. The molecule has 0 spiro atoms. The minimum absolute atomic E-state index is 0.0281. The van der Waals surface area contributed by atoms with Crippen molar-refractivity contribution in [1.82, 2.24) is 15.3 Å². The number of aromatic nitrogens is 2. The Labute approximate surface area is 156 Å². The highest BCUT2D eigenvalue weighted by molar-refractivity contribution is 7.13. The van der Waals surface area contributed by atoms with Crippen molar-refractivity contribution < 1.29 is 22.7 Å². The lowest BCUT2D eigenvalue weighted by Crippen LogP contribution is -2.23. The summed E-state index contributed by atoms with van der Waals surface area (Å²) in [4.78, 5) is 20.6. The van der Waals surface area contributed by atoms with Gasteiger partial charge in [0.15, 0.2) is 0 Å². The van der Waals surface area contributed by atoms with Crippen molar-refractivity contribution in [2.75, 3.05) is 7.11 Å². The number of pyridine rings is 1. The predicted molar refractivity (Wildman–Crippen MR) is 94.5 cm³/mol. The number of nitrogens with zero attached hydrogens (tertiary/aromatic N) is 2. The first kappa shape index (κ1) is 18.8. The maximum absolute atomic E-state index is 12.7. The fourth-order valence-electron chi connectivity index (χ4n) is 2.27. The maximum atomic E-state index is 12.7. The van der Waals surface area contributed by atoms with E-state index in [1.807, 2.05) is 0 Å². The number of nitrogens with one attached hydrogen (secondary N) is 1. The van der Waals surface area contributed by atoms with Crippen molar-refractivity contribution in [3.63, 3.8) is 0 Å². The molecule has 0 radical (unpaired) electrons. The first-order chi connectivity index (χ1) is 12.9. The summed E-state index contributed by atoms with van der Waals surface area (Å²) in [7, 11) is 1.51. The fraction of sp³-hybridized carbons (Fsp3) is 0.167. The van der Waals surface area contributed by atoms with Crippen LogP contribution < -0.4 is 10.1 Å². The van der Waals surface area contributed by atoms with E-state index in [-0.39, 0.29) is 12.2 Å². The van der Waals surface area contributed by atoms with Gasteiger partial charge in [-0.3, -0.25) is 4.79 Å². The number of halogens is 3. The van der Waals surface area contributed by atoms with Crippen molar-refractivity contribution in [3.05, 3.63) is 64.8 Å². The number of carbonyl (C=O) groups excluding carboxylic acids is 1. The lowest BCUT2D eigenvalue weighted by Gasteiger charge is -2.09. The van der Waals surface area contributed by atoms with Crippen molar-refractivity contribution in [1.29, 1.82) is 0 Å². The Hall–Kier alpha value is -2.94. The van der Waals surface area contributed by atoms with Gasteiger partial charge in [-0.15, -0.1) is 11.3 Å². The molecule has 0 unspecified atom stereocenters. The molecule has 0 aliphatic rings. The number of rotatable bonds is 5. The highest BCUT2D eigenvalue weighted by Crippen LogP contribution is 2.29. The van der Waals surface area contributed by atoms with Crippen LogP contribution in [0, 0.1) is 0 Å². The van der Waals surface area contributed by atoms with E-state index in [1.165, 1.54) is 30.6 Å². The van der Waals surface area contributed by atoms with E-state index in [0.717, 1.165) is 17.7 Å². The van der Waals surface area contributed by atoms with Crippen LogP contribution in [0.4, 0.5) is 13.2 Å². The van der Waals surface area contributed by atoms with Crippen LogP contribution in [0.2, 0.25) is 0 Å². The molecule has 0 saturated heterocycles. The lowest BCUT2D eigenvalue weighted by atomic mass is 10.1. The van der Waals surface area contributed by atoms with Crippen LogP contribution in [-0.2, 0) is 12.7 Å². The number of carbonyl (C=O) groups is 1. The van der Waals surface area contributed by atoms with Crippen molar-refractivity contribution >= 4 is 17.2 Å². The smallest absolute Gasteiger partial charge is 0.416 e. The second kappa shape index (κ2) is 7.75. The van der Waals surface area contributed by atoms with Gasteiger partial charge < -0.3 is 10.1 Å². The molecule has 5 nitrogen and oxygen atoms in total. The van der Waals surface area contributed by atoms with Gasteiger partial charge in [-0.25, -0.2) is 9.97 Å². The van der Waals surface area contributed by atoms with Crippen LogP contribution in [0.15, 0.2) is 48.0 Å². The average Bonchev–Trinajstić information content (AvgIpc) is 3.16. The number of hydrogen-bond acceptors (Lipinski definition) is 5. The number of thiazole rings is 1. The Morgan fingerprint density at radius 2 is 2.07 bits per heavy atom. The SMILES string of the molecule is COc1ccc(-c2nc(C(=O)NCc3cccc(C(F)(F)F)c3)cs2)cn1. The zero-order valence-electron chi connectivity index (χ0n) is 14.1. The summed E-state index contributed by atoms with van der Waals surface area (Å²) in [6.45, 7) is -0.0281. The normalized spacial score (nSPS) is 11.3. The number of amides is 1. The van der Waals surface area contributed by atoms with Crippen molar-refractivity contribution in [3.8, 4) is 16.5 Å². The van der Waals surface area contributed by atoms with Crippen LogP contribution in [-0.4, -0.2) is 23.0 Å². The summed E-state index contributed by atoms with van der Waals surface area (Å²) in [6.07, 6.45) is -2.84. The van der Waals surface area contributed by atoms with E-state index in [2.05, 4.69) is 15.3 Å². The average molecular weight is 393 g/mol. The molecule has 0 fully saturated rings. The number of benzene rings is 1. The van der Waals surface area contributed by atoms with E-state index >= 15 is 0 Å². The van der Waals surface area contributed by atoms with Crippen molar-refractivity contribution in [2.45, 2.75) is 12.7 Å². The van der Waals surface area contributed by atoms with Gasteiger partial charge in [0, 0.05) is 29.8 Å². The quantitative estimate of drug-likeness (QED) is 0.707. The minimum atomic E-state index is -4.42. The standard InChI is InChI=1S/C18H14F3N3O2S/c1-26-15-6-5-12(9-22-15)17-24-14(10-27-17)16(25)23-8-11-3-2-4-13(7-11)18(19,20)21/h2-7,9-10H,8H2,1H3,(H,23,25). The van der Waals surface area contributed by atoms with Gasteiger partial charge in [-0.2, -0.15) is 13.2 Å². The molecule has 1 amide bonds. The van der Waals surface area contributed by atoms with Crippen molar-refractivity contribution in [2.24, 2.45) is 0 Å². The Morgan fingerprint density at radius 3 is 2.74 bits per heavy atom. The largest absolute Gasteiger partial charge is 0.481 e. The second-order valence-corrected chi connectivity index (χ2v) is 6.37. The highest BCUT2D eigenvalue weighted by Gasteiger charge is 2.30. The van der Waals surface area contributed by atoms with E-state index in [9.17, 15) is 18.0 Å². The number of ether oxygens (including phenoxy) is 1. The van der Waals surface area contributed by atoms with Crippen LogP contribution in [0.25, 0.3) is 10.6 Å². The fourth-order valence-corrected chi connectivity index (χ4v) is 3.06. The van der Waals surface area contributed by atoms with E-state index in [4.69, 9.17) is 4.74 Å². The summed E-state index contributed by atoms with van der Waals surface area (Å²) >= 11 is 1.27. The third kappa shape index (κ3) is 4.62. The molecule has 27 heavy (non-hydrogen) atoms. The minimum Gasteiger partial charge on any atom is -0.481 e. The first-order valence-electron chi connectivity index (χ1n) is 7.77. The molecule has 0 aliphatic heterocycles. The maximum Gasteiger partial charge on any atom is 0.416 e. The lowest BCUT2D eigenvalue weighted by molar-refractivity contribution is -0.137. The molecule has 1 N–H and O–H groups in total. The molecule has 3 aromatic rings. The highest BCUT2D eigenvalue weighted by atomic mass is 32.1.